The van der Waals surface area contributed by atoms with Gasteiger partial charge in [0.2, 0.25) is 0 Å². The van der Waals surface area contributed by atoms with Crippen LogP contribution in [-0.2, 0) is 18.4 Å². The van der Waals surface area contributed by atoms with Crippen LogP contribution >= 0.6 is 0 Å². The third kappa shape index (κ3) is 2.17. The first-order chi connectivity index (χ1) is 11.7. The number of aryl methyl sites for hydroxylation is 1. The Bertz CT molecular complexity index is 761. The smallest absolute Gasteiger partial charge is 0.124 e. The van der Waals surface area contributed by atoms with Gasteiger partial charge in [0.1, 0.15) is 5.75 Å². The summed E-state index contributed by atoms with van der Waals surface area (Å²) >= 11 is 0. The number of fused-ring (bicyclic) bond motifs is 3. The van der Waals surface area contributed by atoms with Gasteiger partial charge in [-0.1, -0.05) is 18.2 Å². The largest absolute Gasteiger partial charge is 0.496 e. The zero-order valence-corrected chi connectivity index (χ0v) is 14.3. The molecular formula is C20H24N2O2. The Morgan fingerprint density at radius 3 is 3.00 bits per heavy atom. The first kappa shape index (κ1) is 15.6. The Morgan fingerprint density at radius 2 is 2.21 bits per heavy atom. The fraction of sp³-hybridized carbons (Fsp3) is 0.450. The van der Waals surface area contributed by atoms with Crippen LogP contribution in [0.3, 0.4) is 0 Å². The zero-order chi connectivity index (χ0) is 16.7. The van der Waals surface area contributed by atoms with E-state index in [0.717, 1.165) is 37.1 Å². The van der Waals surface area contributed by atoms with Gasteiger partial charge in [0.25, 0.3) is 0 Å². The monoisotopic (exact) mass is 324 g/mol. The van der Waals surface area contributed by atoms with Gasteiger partial charge in [-0.05, 0) is 56.1 Å². The van der Waals surface area contributed by atoms with Crippen LogP contribution < -0.4 is 4.74 Å². The highest BCUT2D eigenvalue weighted by Crippen LogP contribution is 2.54. The minimum atomic E-state index is 0.00649. The summed E-state index contributed by atoms with van der Waals surface area (Å²) in [6.45, 7) is 1.09. The van der Waals surface area contributed by atoms with Gasteiger partial charge in [0.05, 0.1) is 13.7 Å². The first-order valence-corrected chi connectivity index (χ1v) is 8.62. The summed E-state index contributed by atoms with van der Waals surface area (Å²) in [6.07, 6.45) is 5.17. The van der Waals surface area contributed by atoms with E-state index in [1.165, 1.54) is 16.8 Å². The molecule has 4 heteroatoms. The van der Waals surface area contributed by atoms with Crippen LogP contribution in [0.15, 0.2) is 36.5 Å². The van der Waals surface area contributed by atoms with Crippen LogP contribution in [0, 0.1) is 0 Å². The second kappa shape index (κ2) is 5.87. The summed E-state index contributed by atoms with van der Waals surface area (Å²) in [4.78, 5) is 7.08. The average Bonchev–Trinajstić information content (AvgIpc) is 2.99. The summed E-state index contributed by atoms with van der Waals surface area (Å²) in [6, 6.07) is 11.0. The van der Waals surface area contributed by atoms with Crippen molar-refractivity contribution in [3.63, 3.8) is 0 Å². The lowest BCUT2D eigenvalue weighted by molar-refractivity contribution is 0.219. The van der Waals surface area contributed by atoms with Crippen molar-refractivity contribution < 1.29 is 9.84 Å². The standard InChI is InChI=1S/C20H24N2O2/c1-22-11-9-20(15-6-5-14(13-23)18(12-15)24-2)8-7-17-16(19(20)22)4-3-10-21-17/h3-6,10,12,19,23H,7-9,11,13H2,1-2H3. The number of hydrogen-bond acceptors (Lipinski definition) is 4. The van der Waals surface area contributed by atoms with Crippen LogP contribution in [0.1, 0.15) is 41.3 Å². The molecule has 4 nitrogen and oxygen atoms in total. The number of methoxy groups -OCH3 is 1. The molecule has 1 aromatic heterocycles. The van der Waals surface area contributed by atoms with Crippen molar-refractivity contribution in [2.45, 2.75) is 37.3 Å². The molecule has 0 radical (unpaired) electrons. The van der Waals surface area contributed by atoms with E-state index in [-0.39, 0.29) is 12.0 Å². The summed E-state index contributed by atoms with van der Waals surface area (Å²) in [7, 11) is 3.89. The van der Waals surface area contributed by atoms with Gasteiger partial charge in [-0.15, -0.1) is 0 Å². The number of aliphatic hydroxyl groups is 1. The second-order valence-electron chi connectivity index (χ2n) is 7.01. The summed E-state index contributed by atoms with van der Waals surface area (Å²) < 4.78 is 5.52. The highest BCUT2D eigenvalue weighted by atomic mass is 16.5. The van der Waals surface area contributed by atoms with E-state index in [1.807, 2.05) is 12.3 Å². The lowest BCUT2D eigenvalue weighted by atomic mass is 9.65. The number of pyridine rings is 1. The van der Waals surface area contributed by atoms with Crippen molar-refractivity contribution in [2.75, 3.05) is 20.7 Å². The molecule has 1 aromatic carbocycles. The predicted molar refractivity (Wildman–Crippen MR) is 93.1 cm³/mol. The molecule has 1 aliphatic carbocycles. The molecule has 24 heavy (non-hydrogen) atoms. The van der Waals surface area contributed by atoms with E-state index in [2.05, 4.69) is 41.2 Å². The molecule has 0 amide bonds. The number of benzene rings is 1. The Balaban J connectivity index is 1.85. The molecule has 0 bridgehead atoms. The van der Waals surface area contributed by atoms with Gasteiger partial charge in [-0.25, -0.2) is 0 Å². The average molecular weight is 324 g/mol. The van der Waals surface area contributed by atoms with Gasteiger partial charge < -0.3 is 9.84 Å². The molecule has 2 aromatic rings. The van der Waals surface area contributed by atoms with Crippen LogP contribution in [0.4, 0.5) is 0 Å². The second-order valence-corrected chi connectivity index (χ2v) is 7.01. The molecule has 2 aliphatic rings. The summed E-state index contributed by atoms with van der Waals surface area (Å²) in [5.74, 6) is 0.787. The van der Waals surface area contributed by atoms with Crippen molar-refractivity contribution in [3.05, 3.63) is 58.9 Å². The number of nitrogens with zero attached hydrogens (tertiary/aromatic N) is 2. The molecule has 0 spiro atoms. The number of rotatable bonds is 3. The van der Waals surface area contributed by atoms with E-state index < -0.39 is 0 Å². The molecule has 1 saturated heterocycles. The van der Waals surface area contributed by atoms with E-state index in [1.54, 1.807) is 7.11 Å². The van der Waals surface area contributed by atoms with Crippen molar-refractivity contribution in [1.82, 2.24) is 9.88 Å². The lowest BCUT2D eigenvalue weighted by Crippen LogP contribution is -2.38. The highest BCUT2D eigenvalue weighted by molar-refractivity contribution is 5.45. The number of ether oxygens (including phenoxy) is 1. The first-order valence-electron chi connectivity index (χ1n) is 8.62. The molecule has 1 fully saturated rings. The Kier molecular flexibility index (Phi) is 3.82. The van der Waals surface area contributed by atoms with Gasteiger partial charge in [0.15, 0.2) is 0 Å². The van der Waals surface area contributed by atoms with Gasteiger partial charge in [-0.2, -0.15) is 0 Å². The fourth-order valence-electron chi connectivity index (χ4n) is 4.74. The maximum absolute atomic E-state index is 9.51. The summed E-state index contributed by atoms with van der Waals surface area (Å²) in [5, 5.41) is 9.51. The maximum atomic E-state index is 9.51. The number of aromatic nitrogens is 1. The van der Waals surface area contributed by atoms with E-state index >= 15 is 0 Å². The van der Waals surface area contributed by atoms with E-state index in [9.17, 15) is 5.11 Å². The van der Waals surface area contributed by atoms with Gasteiger partial charge >= 0.3 is 0 Å². The van der Waals surface area contributed by atoms with Crippen LogP contribution in [0.25, 0.3) is 0 Å². The van der Waals surface area contributed by atoms with Crippen molar-refractivity contribution in [2.24, 2.45) is 0 Å². The van der Waals surface area contributed by atoms with Gasteiger partial charge in [0, 0.05) is 28.9 Å². The number of likely N-dealkylation sites (N-methyl/N-ethyl adjacent to an activating group) is 1. The van der Waals surface area contributed by atoms with Gasteiger partial charge in [-0.3, -0.25) is 9.88 Å². The number of aliphatic hydroxyl groups excluding tert-OH is 1. The van der Waals surface area contributed by atoms with Crippen LogP contribution in [-0.4, -0.2) is 35.7 Å². The quantitative estimate of drug-likeness (QED) is 0.943. The maximum Gasteiger partial charge on any atom is 0.124 e. The molecule has 2 unspecified atom stereocenters. The van der Waals surface area contributed by atoms with Crippen LogP contribution in [0.2, 0.25) is 0 Å². The van der Waals surface area contributed by atoms with E-state index in [0.29, 0.717) is 6.04 Å². The topological polar surface area (TPSA) is 45.6 Å². The Morgan fingerprint density at radius 1 is 1.33 bits per heavy atom. The predicted octanol–water partition coefficient (Wildman–Crippen LogP) is 2.84. The summed E-state index contributed by atoms with van der Waals surface area (Å²) in [5.41, 5.74) is 4.88. The van der Waals surface area contributed by atoms with Crippen molar-refractivity contribution >= 4 is 0 Å². The SMILES string of the molecule is COc1cc(C23CCc4ncccc4C2N(C)CC3)ccc1CO. The Hall–Kier alpha value is -1.91. The van der Waals surface area contributed by atoms with Crippen molar-refractivity contribution in [1.29, 1.82) is 0 Å². The molecule has 2 atom stereocenters. The lowest BCUT2D eigenvalue weighted by Gasteiger charge is -2.42. The molecule has 1 N–H and O–H groups in total. The highest BCUT2D eigenvalue weighted by Gasteiger charge is 2.50. The third-order valence-electron chi connectivity index (χ3n) is 5.94. The fourth-order valence-corrected chi connectivity index (χ4v) is 4.74. The zero-order valence-electron chi connectivity index (χ0n) is 14.3. The molecule has 0 saturated carbocycles. The molecule has 4 rings (SSSR count). The molecule has 1 aliphatic heterocycles. The normalized spacial score (nSPS) is 26.0. The Labute approximate surface area is 143 Å². The molecular weight excluding hydrogens is 300 g/mol. The van der Waals surface area contributed by atoms with Crippen molar-refractivity contribution in [3.8, 4) is 5.75 Å². The van der Waals surface area contributed by atoms with Crippen LogP contribution in [0.5, 0.6) is 5.75 Å². The number of likely N-dealkylation sites (tertiary alicyclic amines) is 1. The third-order valence-corrected chi connectivity index (χ3v) is 5.94. The minimum Gasteiger partial charge on any atom is -0.496 e. The number of hydrogen-bond donors (Lipinski definition) is 1. The minimum absolute atomic E-state index is 0.00649. The molecule has 2 heterocycles. The molecule has 126 valence electrons. The van der Waals surface area contributed by atoms with E-state index in [4.69, 9.17) is 4.74 Å².